The van der Waals surface area contributed by atoms with E-state index < -0.39 is 17.8 Å². The molecule has 2 amide bonds. The Hall–Kier alpha value is -2.09. The van der Waals surface area contributed by atoms with Gasteiger partial charge in [0.1, 0.15) is 6.04 Å². The lowest BCUT2D eigenvalue weighted by Crippen LogP contribution is -2.47. The second kappa shape index (κ2) is 8.68. The maximum Gasteiger partial charge on any atom is 0.416 e. The number of likely N-dealkylation sites (N-methyl/N-ethyl adjacent to an activating group) is 2. The summed E-state index contributed by atoms with van der Waals surface area (Å²) in [4.78, 5) is 25.1. The van der Waals surface area contributed by atoms with E-state index in [1.807, 2.05) is 0 Å². The smallest absolute Gasteiger partial charge is 0.355 e. The van der Waals surface area contributed by atoms with Gasteiger partial charge in [0.15, 0.2) is 0 Å². The highest BCUT2D eigenvalue weighted by atomic mass is 19.4. The Labute approximate surface area is 139 Å². The van der Waals surface area contributed by atoms with Gasteiger partial charge in [-0.1, -0.05) is 12.1 Å². The van der Waals surface area contributed by atoms with E-state index in [2.05, 4.69) is 10.6 Å². The fourth-order valence-corrected chi connectivity index (χ4v) is 2.09. The number of alkyl halides is 3. The Morgan fingerprint density at radius 2 is 1.79 bits per heavy atom. The summed E-state index contributed by atoms with van der Waals surface area (Å²) in [6, 6.07) is 4.15. The molecule has 2 N–H and O–H groups in total. The van der Waals surface area contributed by atoms with Gasteiger partial charge in [-0.15, -0.1) is 0 Å². The average Bonchev–Trinajstić information content (AvgIpc) is 2.46. The van der Waals surface area contributed by atoms with E-state index in [4.69, 9.17) is 0 Å². The minimum atomic E-state index is -4.36. The predicted molar refractivity (Wildman–Crippen MR) is 84.1 cm³/mol. The van der Waals surface area contributed by atoms with Gasteiger partial charge in [0.25, 0.3) is 0 Å². The molecular weight excluding hydrogens is 323 g/mol. The number of hydrogen-bond donors (Lipinski definition) is 2. The van der Waals surface area contributed by atoms with E-state index in [1.54, 1.807) is 25.8 Å². The number of carbonyl (C=O) groups excluding carboxylic acids is 2. The van der Waals surface area contributed by atoms with Gasteiger partial charge >= 0.3 is 6.18 Å². The van der Waals surface area contributed by atoms with Crippen LogP contribution >= 0.6 is 0 Å². The molecule has 8 heteroatoms. The highest BCUT2D eigenvalue weighted by Gasteiger charge is 2.29. The van der Waals surface area contributed by atoms with Gasteiger partial charge in [-0.05, 0) is 38.6 Å². The zero-order chi connectivity index (χ0) is 18.3. The third-order valence-electron chi connectivity index (χ3n) is 3.27. The number of benzene rings is 1. The predicted octanol–water partition coefficient (Wildman–Crippen LogP) is 1.78. The molecule has 0 bridgehead atoms. The number of nitrogens with zero attached hydrogens (tertiary/aromatic N) is 1. The van der Waals surface area contributed by atoms with Crippen molar-refractivity contribution in [2.75, 3.05) is 20.1 Å². The number of amides is 2. The summed E-state index contributed by atoms with van der Waals surface area (Å²) in [6.45, 7) is 4.20. The standard InChI is InChI=1S/C16H22F3N3O2/c1-4-20-15(24)11(2)21-14(23)10-22(3)9-12-5-7-13(8-6-12)16(17,18)19/h5-8,11H,4,9-10H2,1-3H3,(H,20,24)(H,21,23)/t11-/m1/s1. The summed E-state index contributed by atoms with van der Waals surface area (Å²) in [7, 11) is 1.67. The average molecular weight is 345 g/mol. The number of hydrogen-bond acceptors (Lipinski definition) is 3. The molecule has 0 spiro atoms. The maximum atomic E-state index is 12.5. The number of rotatable bonds is 7. The van der Waals surface area contributed by atoms with E-state index in [0.29, 0.717) is 18.7 Å². The zero-order valence-corrected chi connectivity index (χ0v) is 13.9. The van der Waals surface area contributed by atoms with Crippen molar-refractivity contribution in [1.29, 1.82) is 0 Å². The molecule has 0 aliphatic rings. The summed E-state index contributed by atoms with van der Waals surface area (Å²) < 4.78 is 37.5. The van der Waals surface area contributed by atoms with Crippen molar-refractivity contribution in [3.8, 4) is 0 Å². The zero-order valence-electron chi connectivity index (χ0n) is 13.9. The van der Waals surface area contributed by atoms with Gasteiger partial charge in [0, 0.05) is 13.1 Å². The van der Waals surface area contributed by atoms with Crippen LogP contribution in [0.5, 0.6) is 0 Å². The molecule has 5 nitrogen and oxygen atoms in total. The van der Waals surface area contributed by atoms with E-state index in [1.165, 1.54) is 12.1 Å². The van der Waals surface area contributed by atoms with Crippen LogP contribution in [0.15, 0.2) is 24.3 Å². The van der Waals surface area contributed by atoms with Crippen LogP contribution in [-0.2, 0) is 22.3 Å². The molecule has 0 fully saturated rings. The summed E-state index contributed by atoms with van der Waals surface area (Å²) >= 11 is 0. The van der Waals surface area contributed by atoms with Gasteiger partial charge in [-0.2, -0.15) is 13.2 Å². The topological polar surface area (TPSA) is 61.4 Å². The van der Waals surface area contributed by atoms with E-state index in [0.717, 1.165) is 12.1 Å². The Balaban J connectivity index is 2.49. The normalized spacial score (nSPS) is 12.8. The molecule has 1 rings (SSSR count). The minimum absolute atomic E-state index is 0.0325. The van der Waals surface area contributed by atoms with Crippen LogP contribution < -0.4 is 10.6 Å². The summed E-state index contributed by atoms with van der Waals surface area (Å²) in [5.74, 6) is -0.598. The molecule has 0 saturated heterocycles. The van der Waals surface area contributed by atoms with Crippen molar-refractivity contribution < 1.29 is 22.8 Å². The quantitative estimate of drug-likeness (QED) is 0.792. The van der Waals surface area contributed by atoms with Crippen LogP contribution in [0.3, 0.4) is 0 Å². The third kappa shape index (κ3) is 6.57. The highest BCUT2D eigenvalue weighted by molar-refractivity contribution is 5.87. The molecule has 0 heterocycles. The van der Waals surface area contributed by atoms with Crippen LogP contribution in [0.1, 0.15) is 25.0 Å². The monoisotopic (exact) mass is 345 g/mol. The first-order valence-corrected chi connectivity index (χ1v) is 7.55. The Bertz CT molecular complexity index is 559. The molecule has 0 aliphatic heterocycles. The lowest BCUT2D eigenvalue weighted by molar-refractivity contribution is -0.137. The van der Waals surface area contributed by atoms with E-state index >= 15 is 0 Å². The molecule has 0 saturated carbocycles. The van der Waals surface area contributed by atoms with E-state index in [-0.39, 0.29) is 18.4 Å². The first kappa shape index (κ1) is 20.0. The second-order valence-corrected chi connectivity index (χ2v) is 5.55. The van der Waals surface area contributed by atoms with Crippen LogP contribution in [0.25, 0.3) is 0 Å². The Morgan fingerprint density at radius 1 is 1.21 bits per heavy atom. The molecule has 134 valence electrons. The molecule has 24 heavy (non-hydrogen) atoms. The SMILES string of the molecule is CCNC(=O)[C@@H](C)NC(=O)CN(C)Cc1ccc(C(F)(F)F)cc1. The Kier molecular flexibility index (Phi) is 7.21. The first-order valence-electron chi connectivity index (χ1n) is 7.55. The van der Waals surface area contributed by atoms with Crippen molar-refractivity contribution in [1.82, 2.24) is 15.5 Å². The van der Waals surface area contributed by atoms with Crippen LogP contribution in [0, 0.1) is 0 Å². The van der Waals surface area contributed by atoms with Crippen LogP contribution in [0.4, 0.5) is 13.2 Å². The number of carbonyl (C=O) groups is 2. The van der Waals surface area contributed by atoms with Crippen LogP contribution in [-0.4, -0.2) is 42.9 Å². The summed E-state index contributed by atoms with van der Waals surface area (Å²) in [5.41, 5.74) is -0.0440. The number of halogens is 3. The van der Waals surface area contributed by atoms with Crippen molar-refractivity contribution in [3.05, 3.63) is 35.4 Å². The molecule has 1 aromatic rings. The lowest BCUT2D eigenvalue weighted by atomic mass is 10.1. The first-order chi connectivity index (χ1) is 11.1. The third-order valence-corrected chi connectivity index (χ3v) is 3.27. The van der Waals surface area contributed by atoms with E-state index in [9.17, 15) is 22.8 Å². The molecular formula is C16H22F3N3O2. The second-order valence-electron chi connectivity index (χ2n) is 5.55. The highest BCUT2D eigenvalue weighted by Crippen LogP contribution is 2.29. The summed E-state index contributed by atoms with van der Waals surface area (Å²) in [5, 5.41) is 5.17. The fourth-order valence-electron chi connectivity index (χ4n) is 2.09. The fraction of sp³-hybridized carbons (Fsp3) is 0.500. The minimum Gasteiger partial charge on any atom is -0.355 e. The lowest BCUT2D eigenvalue weighted by Gasteiger charge is -2.19. The number of nitrogens with one attached hydrogen (secondary N) is 2. The largest absolute Gasteiger partial charge is 0.416 e. The molecule has 1 atom stereocenters. The van der Waals surface area contributed by atoms with Gasteiger partial charge in [-0.3, -0.25) is 14.5 Å². The van der Waals surface area contributed by atoms with Crippen molar-refractivity contribution in [2.45, 2.75) is 32.6 Å². The Morgan fingerprint density at radius 3 is 2.29 bits per heavy atom. The maximum absolute atomic E-state index is 12.5. The van der Waals surface area contributed by atoms with Crippen molar-refractivity contribution in [2.24, 2.45) is 0 Å². The van der Waals surface area contributed by atoms with Gasteiger partial charge < -0.3 is 10.6 Å². The molecule has 0 aliphatic carbocycles. The molecule has 0 unspecified atom stereocenters. The van der Waals surface area contributed by atoms with Gasteiger partial charge in [-0.25, -0.2) is 0 Å². The van der Waals surface area contributed by atoms with Crippen molar-refractivity contribution in [3.63, 3.8) is 0 Å². The van der Waals surface area contributed by atoms with Crippen LogP contribution in [0.2, 0.25) is 0 Å². The van der Waals surface area contributed by atoms with Gasteiger partial charge in [0.05, 0.1) is 12.1 Å². The van der Waals surface area contributed by atoms with Crippen molar-refractivity contribution >= 4 is 11.8 Å². The molecule has 1 aromatic carbocycles. The summed E-state index contributed by atoms with van der Waals surface area (Å²) in [6.07, 6.45) is -4.36. The molecule has 0 aromatic heterocycles. The van der Waals surface area contributed by atoms with Gasteiger partial charge in [0.2, 0.25) is 11.8 Å². The molecule has 0 radical (unpaired) electrons.